The Morgan fingerprint density at radius 2 is 1.92 bits per heavy atom. The van der Waals surface area contributed by atoms with Crippen LogP contribution in [0.15, 0.2) is 45.4 Å². The third kappa shape index (κ3) is 3.15. The summed E-state index contributed by atoms with van der Waals surface area (Å²) in [6.07, 6.45) is 0.338. The number of Topliss-reactive ketones (excluding diaryl/α,β-unsaturated/α-hetero) is 2. The lowest BCUT2D eigenvalue weighted by atomic mass is 9.65. The molecule has 10 heteroatoms. The first-order chi connectivity index (χ1) is 17.2. The molecule has 188 valence electrons. The number of carbonyl (C=O) groups is 3. The van der Waals surface area contributed by atoms with E-state index in [9.17, 15) is 14.4 Å². The lowest BCUT2D eigenvalue weighted by molar-refractivity contribution is -0.136. The molecule has 0 amide bonds. The highest BCUT2D eigenvalue weighted by atomic mass is 35.5. The third-order valence-electron chi connectivity index (χ3n) is 7.13. The van der Waals surface area contributed by atoms with Crippen molar-refractivity contribution in [2.45, 2.75) is 31.8 Å². The normalized spacial score (nSPS) is 24.8. The number of fused-ring (bicyclic) bond motifs is 1. The van der Waals surface area contributed by atoms with E-state index < -0.39 is 35.0 Å². The largest absolute Gasteiger partial charge is 0.496 e. The van der Waals surface area contributed by atoms with Gasteiger partial charge in [0.05, 0.1) is 26.9 Å². The summed E-state index contributed by atoms with van der Waals surface area (Å²) in [4.78, 5) is 41.4. The van der Waals surface area contributed by atoms with Gasteiger partial charge in [0.2, 0.25) is 17.2 Å². The number of nitrogens with one attached hydrogen (secondary N) is 1. The fourth-order valence-electron chi connectivity index (χ4n) is 5.43. The van der Waals surface area contributed by atoms with E-state index in [-0.39, 0.29) is 27.8 Å². The molecule has 1 N–H and O–H groups in total. The van der Waals surface area contributed by atoms with Gasteiger partial charge in [-0.25, -0.2) is 4.79 Å². The number of ether oxygens (including phenoxy) is 4. The van der Waals surface area contributed by atoms with Crippen LogP contribution in [0.3, 0.4) is 0 Å². The molecule has 8 nitrogen and oxygen atoms in total. The molecule has 1 unspecified atom stereocenters. The third-order valence-corrected chi connectivity index (χ3v) is 8.19. The van der Waals surface area contributed by atoms with Crippen LogP contribution in [0, 0.1) is 5.92 Å². The van der Waals surface area contributed by atoms with Crippen LogP contribution in [-0.2, 0) is 14.3 Å². The molecule has 1 aromatic heterocycles. The number of dihydropyridines is 1. The molecule has 2 aromatic rings. The molecule has 5 rings (SSSR count). The molecule has 0 bridgehead atoms. The van der Waals surface area contributed by atoms with Crippen molar-refractivity contribution in [2.24, 2.45) is 5.92 Å². The van der Waals surface area contributed by atoms with Gasteiger partial charge in [0.1, 0.15) is 22.1 Å². The van der Waals surface area contributed by atoms with Crippen LogP contribution in [0.1, 0.15) is 42.1 Å². The fraction of sp³-hybridized carbons (Fsp3) is 0.346. The van der Waals surface area contributed by atoms with E-state index in [1.165, 1.54) is 38.7 Å². The van der Waals surface area contributed by atoms with Gasteiger partial charge in [-0.1, -0.05) is 18.5 Å². The topological polar surface area (TPSA) is 100 Å². The van der Waals surface area contributed by atoms with E-state index in [0.717, 1.165) is 5.56 Å². The van der Waals surface area contributed by atoms with E-state index in [0.29, 0.717) is 29.0 Å². The van der Waals surface area contributed by atoms with Crippen LogP contribution in [0.2, 0.25) is 5.02 Å². The Morgan fingerprint density at radius 1 is 1.19 bits per heavy atom. The van der Waals surface area contributed by atoms with E-state index in [2.05, 4.69) is 5.32 Å². The quantitative estimate of drug-likeness (QED) is 0.458. The first kappa shape index (κ1) is 24.4. The standard InChI is InChI=1S/C26H24ClNO7S/c1-11-8-14-19(18(13-6-7-36-10-13)17(12(2)28-14)25(31)34-5)23(29)26(11)24(30)20-15(32-3)9-16(33-4)21(27)22(20)35-26/h6-7,9-11,18,28H,8H2,1-5H3/t11-,18?,26+/m1/s1. The van der Waals surface area contributed by atoms with Gasteiger partial charge in [-0.15, -0.1) is 0 Å². The van der Waals surface area contributed by atoms with Gasteiger partial charge in [0, 0.05) is 34.9 Å². The summed E-state index contributed by atoms with van der Waals surface area (Å²) in [6.45, 7) is 3.57. The Balaban J connectivity index is 1.70. The summed E-state index contributed by atoms with van der Waals surface area (Å²) >= 11 is 7.98. The molecule has 3 aliphatic rings. The average molecular weight is 530 g/mol. The molecule has 0 radical (unpaired) electrons. The van der Waals surface area contributed by atoms with Crippen molar-refractivity contribution >= 4 is 40.5 Å². The number of thiophene rings is 1. The maximum Gasteiger partial charge on any atom is 0.336 e. The molecule has 1 spiro atoms. The summed E-state index contributed by atoms with van der Waals surface area (Å²) in [5.74, 6) is -2.35. The lowest BCUT2D eigenvalue weighted by Gasteiger charge is -2.42. The van der Waals surface area contributed by atoms with Gasteiger partial charge in [-0.2, -0.15) is 11.3 Å². The van der Waals surface area contributed by atoms with Crippen LogP contribution in [0.25, 0.3) is 0 Å². The number of hydrogen-bond donors (Lipinski definition) is 1. The van der Waals surface area contributed by atoms with Crippen LogP contribution in [-0.4, -0.2) is 44.5 Å². The predicted octanol–water partition coefficient (Wildman–Crippen LogP) is 4.43. The van der Waals surface area contributed by atoms with Crippen molar-refractivity contribution in [1.82, 2.24) is 5.32 Å². The Morgan fingerprint density at radius 3 is 2.53 bits per heavy atom. The van der Waals surface area contributed by atoms with Gasteiger partial charge in [-0.05, 0) is 35.7 Å². The van der Waals surface area contributed by atoms with Crippen molar-refractivity contribution < 1.29 is 33.3 Å². The lowest BCUT2D eigenvalue weighted by Crippen LogP contribution is -2.58. The highest BCUT2D eigenvalue weighted by molar-refractivity contribution is 7.08. The highest BCUT2D eigenvalue weighted by Gasteiger charge is 2.63. The van der Waals surface area contributed by atoms with Crippen LogP contribution in [0.5, 0.6) is 17.2 Å². The molecule has 0 fully saturated rings. The number of ketones is 2. The minimum atomic E-state index is -1.87. The Hall–Kier alpha value is -3.30. The average Bonchev–Trinajstić information content (AvgIpc) is 3.50. The Bertz CT molecular complexity index is 1380. The van der Waals surface area contributed by atoms with Gasteiger partial charge in [0.15, 0.2) is 5.75 Å². The van der Waals surface area contributed by atoms with Crippen molar-refractivity contribution in [3.63, 3.8) is 0 Å². The second kappa shape index (κ2) is 8.67. The molecule has 3 heterocycles. The second-order valence-corrected chi connectivity index (χ2v) is 10.1. The van der Waals surface area contributed by atoms with Gasteiger partial charge in [-0.3, -0.25) is 9.59 Å². The summed E-state index contributed by atoms with van der Waals surface area (Å²) < 4.78 is 22.1. The zero-order valence-corrected chi connectivity index (χ0v) is 21.9. The molecule has 0 saturated carbocycles. The number of hydrogen-bond acceptors (Lipinski definition) is 9. The van der Waals surface area contributed by atoms with Crippen molar-refractivity contribution in [1.29, 1.82) is 0 Å². The minimum Gasteiger partial charge on any atom is -0.496 e. The van der Waals surface area contributed by atoms with Crippen molar-refractivity contribution in [3.05, 3.63) is 61.6 Å². The summed E-state index contributed by atoms with van der Waals surface area (Å²) in [6, 6.07) is 3.36. The molecule has 2 aliphatic heterocycles. The van der Waals surface area contributed by atoms with E-state index in [1.807, 2.05) is 16.8 Å². The zero-order chi connectivity index (χ0) is 25.9. The molecule has 1 aliphatic carbocycles. The predicted molar refractivity (Wildman–Crippen MR) is 133 cm³/mol. The maximum atomic E-state index is 14.5. The number of methoxy groups -OCH3 is 3. The van der Waals surface area contributed by atoms with E-state index in [1.54, 1.807) is 13.8 Å². The summed E-state index contributed by atoms with van der Waals surface area (Å²) in [5, 5.41) is 7.07. The maximum absolute atomic E-state index is 14.5. The summed E-state index contributed by atoms with van der Waals surface area (Å²) in [7, 11) is 4.15. The number of rotatable bonds is 4. The first-order valence-electron chi connectivity index (χ1n) is 11.3. The summed E-state index contributed by atoms with van der Waals surface area (Å²) in [5.41, 5.74) is 0.864. The second-order valence-electron chi connectivity index (χ2n) is 8.94. The monoisotopic (exact) mass is 529 g/mol. The van der Waals surface area contributed by atoms with Crippen LogP contribution >= 0.6 is 22.9 Å². The van der Waals surface area contributed by atoms with Crippen LogP contribution < -0.4 is 19.5 Å². The number of benzene rings is 1. The minimum absolute atomic E-state index is 0.0536. The molecule has 36 heavy (non-hydrogen) atoms. The van der Waals surface area contributed by atoms with Gasteiger partial charge >= 0.3 is 5.97 Å². The molecule has 0 saturated heterocycles. The zero-order valence-electron chi connectivity index (χ0n) is 20.3. The van der Waals surface area contributed by atoms with Crippen LogP contribution in [0.4, 0.5) is 0 Å². The molecule has 3 atom stereocenters. The molecular formula is C26H24ClNO7S. The van der Waals surface area contributed by atoms with Gasteiger partial charge < -0.3 is 24.3 Å². The fourth-order valence-corrected chi connectivity index (χ4v) is 6.38. The molecular weight excluding hydrogens is 506 g/mol. The number of esters is 1. The number of halogens is 1. The first-order valence-corrected chi connectivity index (χ1v) is 12.6. The van der Waals surface area contributed by atoms with Crippen molar-refractivity contribution in [3.8, 4) is 17.2 Å². The SMILES string of the molecule is COC(=O)C1=C(C)NC2=C(C(=O)[C@@]3(Oc4c(Cl)c(OC)cc(OC)c4C3=O)[C@H](C)C2)C1c1ccsc1. The van der Waals surface area contributed by atoms with E-state index in [4.69, 9.17) is 30.5 Å². The Labute approximate surface area is 216 Å². The Kier molecular flexibility index (Phi) is 5.88. The van der Waals surface area contributed by atoms with Gasteiger partial charge in [0.25, 0.3) is 0 Å². The number of allylic oxidation sites excluding steroid dienone is 2. The van der Waals surface area contributed by atoms with E-state index >= 15 is 0 Å². The molecule has 1 aromatic carbocycles. The smallest absolute Gasteiger partial charge is 0.336 e. The van der Waals surface area contributed by atoms with Crippen molar-refractivity contribution in [2.75, 3.05) is 21.3 Å². The highest BCUT2D eigenvalue weighted by Crippen LogP contribution is 2.56. The number of carbonyl (C=O) groups excluding carboxylic acids is 3.